The average Bonchev–Trinajstić information content (AvgIpc) is 3.31. The van der Waals surface area contributed by atoms with Crippen molar-refractivity contribution in [3.63, 3.8) is 0 Å². The Morgan fingerprint density at radius 2 is 1.42 bits per heavy atom. The highest BCUT2D eigenvalue weighted by Crippen LogP contribution is 2.54. The lowest BCUT2D eigenvalue weighted by atomic mass is 9.95. The molecule has 0 saturated heterocycles. The number of ether oxygens (including phenoxy) is 2. The molecule has 0 spiro atoms. The lowest BCUT2D eigenvalue weighted by Gasteiger charge is -2.36. The number of esters is 1. The molecule has 0 radical (unpaired) electrons. The van der Waals surface area contributed by atoms with Crippen LogP contribution in [0.3, 0.4) is 0 Å². The van der Waals surface area contributed by atoms with Gasteiger partial charge in [-0.2, -0.15) is 35.1 Å². The molecular formula is C31H33F8NO3. The fraction of sp³-hybridized carbons (Fsp3) is 0.452. The quantitative estimate of drug-likeness (QED) is 0.103. The van der Waals surface area contributed by atoms with Gasteiger partial charge in [0.1, 0.15) is 5.75 Å². The highest BCUT2D eigenvalue weighted by Gasteiger charge is 2.79. The Morgan fingerprint density at radius 1 is 0.860 bits per heavy atom. The second-order valence-corrected chi connectivity index (χ2v) is 10.6. The first kappa shape index (κ1) is 33.9. The molecule has 12 heteroatoms. The third-order valence-electron chi connectivity index (χ3n) is 6.98. The summed E-state index contributed by atoms with van der Waals surface area (Å²) in [5, 5.41) is 0.781. The van der Waals surface area contributed by atoms with E-state index in [1.54, 1.807) is 6.07 Å². The van der Waals surface area contributed by atoms with Crippen LogP contribution in [0.25, 0.3) is 22.2 Å². The van der Waals surface area contributed by atoms with Gasteiger partial charge < -0.3 is 14.0 Å². The summed E-state index contributed by atoms with van der Waals surface area (Å²) in [7, 11) is 0. The van der Waals surface area contributed by atoms with Gasteiger partial charge in [-0.05, 0) is 56.5 Å². The van der Waals surface area contributed by atoms with Gasteiger partial charge in [0.05, 0.1) is 31.6 Å². The molecule has 2 aromatic carbocycles. The van der Waals surface area contributed by atoms with Crippen molar-refractivity contribution in [1.82, 2.24) is 4.57 Å². The van der Waals surface area contributed by atoms with Crippen LogP contribution < -0.4 is 4.74 Å². The third-order valence-corrected chi connectivity index (χ3v) is 6.98. The first-order valence-corrected chi connectivity index (χ1v) is 13.6. The number of nitrogens with zero attached hydrogens (tertiary/aromatic N) is 1. The third kappa shape index (κ3) is 6.83. The number of benzene rings is 2. The van der Waals surface area contributed by atoms with E-state index in [2.05, 4.69) is 11.3 Å². The van der Waals surface area contributed by atoms with Crippen LogP contribution in [-0.2, 0) is 16.0 Å². The summed E-state index contributed by atoms with van der Waals surface area (Å²) in [5.74, 6) is -25.4. The van der Waals surface area contributed by atoms with Crippen LogP contribution in [0.15, 0.2) is 60.7 Å². The van der Waals surface area contributed by atoms with E-state index in [0.717, 1.165) is 35.6 Å². The zero-order valence-corrected chi connectivity index (χ0v) is 24.1. The van der Waals surface area contributed by atoms with E-state index in [1.165, 1.54) is 12.1 Å². The van der Waals surface area contributed by atoms with Gasteiger partial charge in [-0.3, -0.25) is 0 Å². The number of aromatic nitrogens is 1. The van der Waals surface area contributed by atoms with Crippen molar-refractivity contribution >= 4 is 16.9 Å². The minimum Gasteiger partial charge on any atom is -0.493 e. The molecule has 0 atom stereocenters. The summed E-state index contributed by atoms with van der Waals surface area (Å²) < 4.78 is 125. The number of fused-ring (bicyclic) bond motifs is 1. The zero-order chi connectivity index (χ0) is 32.4. The maximum Gasteiger partial charge on any atom is 0.378 e. The van der Waals surface area contributed by atoms with Crippen molar-refractivity contribution in [3.05, 3.63) is 66.2 Å². The minimum atomic E-state index is -6.47. The molecule has 0 N–H and O–H groups in total. The summed E-state index contributed by atoms with van der Waals surface area (Å²) in [6, 6.07) is 14.4. The molecule has 4 nitrogen and oxygen atoms in total. The van der Waals surface area contributed by atoms with Crippen LogP contribution in [0.2, 0.25) is 0 Å². The molecule has 1 heterocycles. The predicted molar refractivity (Wildman–Crippen MR) is 147 cm³/mol. The number of aryl methyl sites for hydroxylation is 1. The van der Waals surface area contributed by atoms with Crippen LogP contribution in [0, 0.1) is 0 Å². The fourth-order valence-corrected chi connectivity index (χ4v) is 4.45. The molecule has 43 heavy (non-hydrogen) atoms. The minimum absolute atomic E-state index is 0.00378. The van der Waals surface area contributed by atoms with Crippen molar-refractivity contribution in [3.8, 4) is 17.0 Å². The van der Waals surface area contributed by atoms with E-state index in [4.69, 9.17) is 4.74 Å². The van der Waals surface area contributed by atoms with E-state index in [0.29, 0.717) is 5.52 Å². The number of carbonyl (C=O) groups is 1. The lowest BCUT2D eigenvalue weighted by Crippen LogP contribution is -2.62. The number of rotatable bonds is 14. The average molecular weight is 620 g/mol. The maximum atomic E-state index is 14.4. The maximum absolute atomic E-state index is 14.4. The van der Waals surface area contributed by atoms with Gasteiger partial charge in [-0.1, -0.05) is 37.8 Å². The van der Waals surface area contributed by atoms with E-state index in [9.17, 15) is 39.9 Å². The highest BCUT2D eigenvalue weighted by molar-refractivity contribution is 5.88. The van der Waals surface area contributed by atoms with Crippen molar-refractivity contribution in [1.29, 1.82) is 0 Å². The normalized spacial score (nSPS) is 13.0. The Bertz CT molecular complexity index is 1450. The Balaban J connectivity index is 1.76. The molecule has 0 fully saturated rings. The van der Waals surface area contributed by atoms with E-state index in [-0.39, 0.29) is 17.4 Å². The van der Waals surface area contributed by atoms with Crippen LogP contribution in [0.1, 0.15) is 52.1 Å². The second-order valence-electron chi connectivity index (χ2n) is 10.6. The SMILES string of the molecule is C=C(C)C(=O)OCCC(F)(F)C(F)(F)C(F)(F)C(F)(F)CCOc1ccc2cc(-c3ccc(CC)cc3)n(C(C)C)c2c1. The molecule has 3 rings (SSSR count). The molecule has 0 unspecified atom stereocenters. The van der Waals surface area contributed by atoms with Gasteiger partial charge in [0, 0.05) is 28.8 Å². The Labute approximate surface area is 244 Å². The molecule has 0 bridgehead atoms. The number of halogens is 8. The van der Waals surface area contributed by atoms with Gasteiger partial charge >= 0.3 is 29.7 Å². The van der Waals surface area contributed by atoms with Gasteiger partial charge in [0.15, 0.2) is 0 Å². The summed E-state index contributed by atoms with van der Waals surface area (Å²) in [4.78, 5) is 11.2. The first-order chi connectivity index (χ1) is 19.9. The van der Waals surface area contributed by atoms with E-state index in [1.807, 2.05) is 55.7 Å². The molecule has 0 amide bonds. The first-order valence-electron chi connectivity index (χ1n) is 13.6. The van der Waals surface area contributed by atoms with Crippen molar-refractivity contribution in [2.45, 2.75) is 76.7 Å². The molecular weight excluding hydrogens is 586 g/mol. The Hall–Kier alpha value is -3.57. The van der Waals surface area contributed by atoms with E-state index >= 15 is 0 Å². The zero-order valence-electron chi connectivity index (χ0n) is 24.1. The number of hydrogen-bond acceptors (Lipinski definition) is 3. The largest absolute Gasteiger partial charge is 0.493 e. The van der Waals surface area contributed by atoms with Gasteiger partial charge in [0.25, 0.3) is 0 Å². The van der Waals surface area contributed by atoms with Crippen LogP contribution in [0.4, 0.5) is 35.1 Å². The number of hydrogen-bond donors (Lipinski definition) is 0. The molecule has 3 aromatic rings. The Morgan fingerprint density at radius 3 is 1.93 bits per heavy atom. The smallest absolute Gasteiger partial charge is 0.378 e. The monoisotopic (exact) mass is 619 g/mol. The molecule has 0 saturated carbocycles. The lowest BCUT2D eigenvalue weighted by molar-refractivity contribution is -0.368. The highest BCUT2D eigenvalue weighted by atomic mass is 19.4. The number of alkyl halides is 8. The van der Waals surface area contributed by atoms with Crippen LogP contribution >= 0.6 is 0 Å². The second kappa shape index (κ2) is 12.6. The summed E-state index contributed by atoms with van der Waals surface area (Å²) in [6.07, 6.45) is -3.22. The van der Waals surface area contributed by atoms with E-state index < -0.39 is 55.7 Å². The summed E-state index contributed by atoms with van der Waals surface area (Å²) >= 11 is 0. The Kier molecular flexibility index (Phi) is 9.92. The predicted octanol–water partition coefficient (Wildman–Crippen LogP) is 9.27. The van der Waals surface area contributed by atoms with Crippen molar-refractivity contribution in [2.75, 3.05) is 13.2 Å². The van der Waals surface area contributed by atoms with Gasteiger partial charge in [-0.15, -0.1) is 0 Å². The van der Waals surface area contributed by atoms with Gasteiger partial charge in [0.2, 0.25) is 0 Å². The van der Waals surface area contributed by atoms with Gasteiger partial charge in [-0.25, -0.2) is 4.79 Å². The van der Waals surface area contributed by atoms with Crippen LogP contribution in [0.5, 0.6) is 5.75 Å². The molecule has 0 aliphatic carbocycles. The van der Waals surface area contributed by atoms with Crippen LogP contribution in [-0.4, -0.2) is 47.4 Å². The standard InChI is InChI=1S/C31H33F8NO3/c1-6-21-7-9-22(10-8-21)25-17-23-11-12-24(18-26(23)40(25)20(4)5)42-15-13-28(32,33)30(36,37)31(38,39)29(34,35)14-16-43-27(41)19(2)3/h7-12,17-18,20H,2,6,13-16H2,1,3-5H3. The van der Waals surface area contributed by atoms with Crippen molar-refractivity contribution < 1.29 is 49.4 Å². The number of carbonyl (C=O) groups excluding carboxylic acids is 1. The molecule has 0 aliphatic heterocycles. The topological polar surface area (TPSA) is 40.5 Å². The summed E-state index contributed by atoms with van der Waals surface area (Å²) in [6.45, 7) is 7.60. The summed E-state index contributed by atoms with van der Waals surface area (Å²) in [5.41, 5.74) is 3.34. The van der Waals surface area contributed by atoms with Crippen molar-refractivity contribution in [2.24, 2.45) is 0 Å². The molecule has 1 aromatic heterocycles. The molecule has 236 valence electrons. The molecule has 0 aliphatic rings. The fourth-order valence-electron chi connectivity index (χ4n) is 4.45.